The monoisotopic (exact) mass is 369 g/mol. The van der Waals surface area contributed by atoms with E-state index in [9.17, 15) is 9.59 Å². The minimum atomic E-state index is -0.599. The number of nitrogens with one attached hydrogen (secondary N) is 1. The van der Waals surface area contributed by atoms with Gasteiger partial charge in [0.05, 0.1) is 25.2 Å². The number of amides is 2. The van der Waals surface area contributed by atoms with Gasteiger partial charge in [0, 0.05) is 6.54 Å². The van der Waals surface area contributed by atoms with Gasteiger partial charge in [-0.1, -0.05) is 44.2 Å². The number of hydrogen-bond acceptors (Lipinski definition) is 4. The smallest absolute Gasteiger partial charge is 0.242 e. The van der Waals surface area contributed by atoms with Crippen molar-refractivity contribution >= 4 is 24.2 Å². The van der Waals surface area contributed by atoms with Gasteiger partial charge in [0.15, 0.2) is 0 Å². The number of benzene rings is 1. The molecule has 1 aliphatic heterocycles. The number of nitrogens with two attached hydrogens (primary N) is 1. The lowest BCUT2D eigenvalue weighted by molar-refractivity contribution is -0.145. The van der Waals surface area contributed by atoms with E-state index in [0.717, 1.165) is 5.56 Å². The van der Waals surface area contributed by atoms with Gasteiger partial charge < -0.3 is 20.7 Å². The normalized spacial score (nSPS) is 21.4. The Bertz CT molecular complexity index is 568. The molecular formula is C18H28ClN3O3. The van der Waals surface area contributed by atoms with Crippen LogP contribution in [0.25, 0.3) is 0 Å². The van der Waals surface area contributed by atoms with Gasteiger partial charge in [-0.15, -0.1) is 12.4 Å². The topological polar surface area (TPSA) is 84.7 Å². The Labute approximate surface area is 155 Å². The van der Waals surface area contributed by atoms with Gasteiger partial charge in [-0.3, -0.25) is 9.59 Å². The maximum Gasteiger partial charge on any atom is 0.242 e. The van der Waals surface area contributed by atoms with Crippen molar-refractivity contribution in [2.75, 3.05) is 19.6 Å². The van der Waals surface area contributed by atoms with Crippen molar-refractivity contribution in [2.24, 2.45) is 11.7 Å². The van der Waals surface area contributed by atoms with Gasteiger partial charge in [-0.25, -0.2) is 0 Å². The molecule has 25 heavy (non-hydrogen) atoms. The Kier molecular flexibility index (Phi) is 8.35. The van der Waals surface area contributed by atoms with Gasteiger partial charge >= 0.3 is 0 Å². The highest BCUT2D eigenvalue weighted by atomic mass is 35.5. The summed E-state index contributed by atoms with van der Waals surface area (Å²) in [5.41, 5.74) is 6.84. The number of nitrogens with zero attached hydrogens (tertiary/aromatic N) is 1. The van der Waals surface area contributed by atoms with Crippen LogP contribution in [0.5, 0.6) is 0 Å². The van der Waals surface area contributed by atoms with E-state index in [1.807, 2.05) is 51.1 Å². The molecule has 3 N–H and O–H groups in total. The van der Waals surface area contributed by atoms with Crippen LogP contribution in [0.1, 0.15) is 32.4 Å². The zero-order valence-corrected chi connectivity index (χ0v) is 15.8. The molecule has 1 fully saturated rings. The molecule has 0 bridgehead atoms. The van der Waals surface area contributed by atoms with Gasteiger partial charge in [-0.05, 0) is 18.4 Å². The van der Waals surface area contributed by atoms with Crippen LogP contribution in [-0.2, 0) is 14.3 Å². The highest BCUT2D eigenvalue weighted by Gasteiger charge is 2.29. The van der Waals surface area contributed by atoms with Crippen LogP contribution < -0.4 is 11.1 Å². The molecule has 0 aliphatic carbocycles. The molecular weight excluding hydrogens is 342 g/mol. The lowest BCUT2D eigenvalue weighted by Crippen LogP contribution is -2.51. The average Bonchev–Trinajstić information content (AvgIpc) is 2.58. The molecule has 0 radical (unpaired) electrons. The molecule has 2 unspecified atom stereocenters. The number of hydrogen-bond donors (Lipinski definition) is 2. The molecule has 140 valence electrons. The predicted molar refractivity (Wildman–Crippen MR) is 99.4 cm³/mol. The Morgan fingerprint density at radius 2 is 1.92 bits per heavy atom. The lowest BCUT2D eigenvalue weighted by atomic mass is 10.1. The molecule has 1 heterocycles. The zero-order chi connectivity index (χ0) is 17.7. The van der Waals surface area contributed by atoms with Crippen LogP contribution >= 0.6 is 12.4 Å². The van der Waals surface area contributed by atoms with Crippen molar-refractivity contribution < 1.29 is 14.3 Å². The van der Waals surface area contributed by atoms with Crippen molar-refractivity contribution in [2.45, 2.75) is 39.0 Å². The van der Waals surface area contributed by atoms with Crippen LogP contribution in [0.3, 0.4) is 0 Å². The fourth-order valence-electron chi connectivity index (χ4n) is 2.70. The summed E-state index contributed by atoms with van der Waals surface area (Å²) >= 11 is 0. The first-order chi connectivity index (χ1) is 11.4. The predicted octanol–water partition coefficient (Wildman–Crippen LogP) is 1.50. The summed E-state index contributed by atoms with van der Waals surface area (Å²) in [6, 6.07) is 9.25. The maximum atomic E-state index is 12.4. The summed E-state index contributed by atoms with van der Waals surface area (Å²) in [6.45, 7) is 6.67. The SMILES string of the molecule is CC1CN(C(=O)CNC(=O)[C@@H](N)C(C)C)CC(c2ccccc2)O1.Cl. The van der Waals surface area contributed by atoms with Crippen LogP contribution in [0.4, 0.5) is 0 Å². The van der Waals surface area contributed by atoms with E-state index >= 15 is 0 Å². The van der Waals surface area contributed by atoms with Crippen molar-refractivity contribution in [3.05, 3.63) is 35.9 Å². The Balaban J connectivity index is 0.00000312. The minimum absolute atomic E-state index is 0. The molecule has 3 atom stereocenters. The van der Waals surface area contributed by atoms with Gasteiger partial charge in [0.1, 0.15) is 6.10 Å². The quantitative estimate of drug-likeness (QED) is 0.823. The standard InChI is InChI=1S/C18H27N3O3.ClH/c1-12(2)17(19)18(23)20-9-16(22)21-10-13(3)24-15(11-21)14-7-5-4-6-8-14;/h4-8,12-13,15,17H,9-11,19H2,1-3H3,(H,20,23);1H/t13?,15?,17-;/m0./s1. The molecule has 0 spiro atoms. The van der Waals surface area contributed by atoms with Crippen LogP contribution in [0.15, 0.2) is 30.3 Å². The van der Waals surface area contributed by atoms with Gasteiger partial charge in [-0.2, -0.15) is 0 Å². The van der Waals surface area contributed by atoms with E-state index in [-0.39, 0.29) is 48.9 Å². The van der Waals surface area contributed by atoms with E-state index in [1.54, 1.807) is 4.90 Å². The van der Waals surface area contributed by atoms with Crippen molar-refractivity contribution in [1.82, 2.24) is 10.2 Å². The van der Waals surface area contributed by atoms with Gasteiger partial charge in [0.2, 0.25) is 11.8 Å². The second-order valence-corrected chi connectivity index (χ2v) is 6.63. The molecule has 2 amide bonds. The third-order valence-electron chi connectivity index (χ3n) is 4.22. The first kappa shape index (κ1) is 21.4. The summed E-state index contributed by atoms with van der Waals surface area (Å²) in [5.74, 6) is -0.374. The fourth-order valence-corrected chi connectivity index (χ4v) is 2.70. The second kappa shape index (κ2) is 9.75. The summed E-state index contributed by atoms with van der Waals surface area (Å²) in [7, 11) is 0. The molecule has 1 aromatic carbocycles. The van der Waals surface area contributed by atoms with Crippen LogP contribution in [0.2, 0.25) is 0 Å². The summed E-state index contributed by atoms with van der Waals surface area (Å²) < 4.78 is 5.95. The summed E-state index contributed by atoms with van der Waals surface area (Å²) in [6.07, 6.45) is -0.200. The van der Waals surface area contributed by atoms with E-state index < -0.39 is 6.04 Å². The number of halogens is 1. The van der Waals surface area contributed by atoms with Crippen molar-refractivity contribution in [3.63, 3.8) is 0 Å². The van der Waals surface area contributed by atoms with E-state index in [4.69, 9.17) is 10.5 Å². The Morgan fingerprint density at radius 1 is 1.28 bits per heavy atom. The Hall–Kier alpha value is -1.63. The highest BCUT2D eigenvalue weighted by Crippen LogP contribution is 2.24. The highest BCUT2D eigenvalue weighted by molar-refractivity contribution is 5.87. The third-order valence-corrected chi connectivity index (χ3v) is 4.22. The minimum Gasteiger partial charge on any atom is -0.367 e. The average molecular weight is 370 g/mol. The number of rotatable bonds is 5. The number of carbonyl (C=O) groups excluding carboxylic acids is 2. The molecule has 1 aliphatic rings. The molecule has 7 heteroatoms. The first-order valence-corrected chi connectivity index (χ1v) is 8.40. The van der Waals surface area contributed by atoms with Crippen LogP contribution in [-0.4, -0.2) is 48.5 Å². The van der Waals surface area contributed by atoms with Crippen molar-refractivity contribution in [1.29, 1.82) is 0 Å². The molecule has 1 aromatic rings. The van der Waals surface area contributed by atoms with Crippen molar-refractivity contribution in [3.8, 4) is 0 Å². The van der Waals surface area contributed by atoms with E-state index in [1.165, 1.54) is 0 Å². The summed E-state index contributed by atoms with van der Waals surface area (Å²) in [5, 5.41) is 2.63. The van der Waals surface area contributed by atoms with Crippen LogP contribution in [0, 0.1) is 5.92 Å². The molecule has 1 saturated heterocycles. The molecule has 0 saturated carbocycles. The molecule has 0 aromatic heterocycles. The first-order valence-electron chi connectivity index (χ1n) is 8.40. The number of carbonyl (C=O) groups is 2. The molecule has 2 rings (SSSR count). The Morgan fingerprint density at radius 3 is 2.52 bits per heavy atom. The third kappa shape index (κ3) is 5.99. The van der Waals surface area contributed by atoms with E-state index in [0.29, 0.717) is 13.1 Å². The summed E-state index contributed by atoms with van der Waals surface area (Å²) in [4.78, 5) is 26.1. The fraction of sp³-hybridized carbons (Fsp3) is 0.556. The van der Waals surface area contributed by atoms with Gasteiger partial charge in [0.25, 0.3) is 0 Å². The largest absolute Gasteiger partial charge is 0.367 e. The lowest BCUT2D eigenvalue weighted by Gasteiger charge is -2.37. The zero-order valence-electron chi connectivity index (χ0n) is 15.0. The second-order valence-electron chi connectivity index (χ2n) is 6.63. The number of ether oxygens (including phenoxy) is 1. The maximum absolute atomic E-state index is 12.4. The van der Waals surface area contributed by atoms with E-state index in [2.05, 4.69) is 5.32 Å². The molecule has 6 nitrogen and oxygen atoms in total. The number of morpholine rings is 1.